The fourth-order valence-electron chi connectivity index (χ4n) is 2.20. The summed E-state index contributed by atoms with van der Waals surface area (Å²) in [6.45, 7) is 0. The van der Waals surface area contributed by atoms with Crippen molar-refractivity contribution in [2.45, 2.75) is 23.7 Å². The second-order valence-electron chi connectivity index (χ2n) is 5.09. The second kappa shape index (κ2) is 6.79. The van der Waals surface area contributed by atoms with E-state index < -0.39 is 29.7 Å². The normalized spacial score (nSPS) is 27.7. The topological polar surface area (TPSA) is 95.7 Å². The Kier molecular flexibility index (Phi) is 4.76. The molecule has 1 saturated heterocycles. The third-order valence-corrected chi connectivity index (χ3v) is 4.73. The van der Waals surface area contributed by atoms with Gasteiger partial charge in [0.2, 0.25) is 0 Å². The summed E-state index contributed by atoms with van der Waals surface area (Å²) in [4.78, 5) is 7.73. The molecule has 0 saturated carbocycles. The van der Waals surface area contributed by atoms with Crippen LogP contribution in [0.2, 0.25) is 0 Å². The highest BCUT2D eigenvalue weighted by atomic mass is 32.2. The average molecular weight is 338 g/mol. The van der Waals surface area contributed by atoms with Crippen molar-refractivity contribution >= 4 is 11.8 Å². The molecule has 0 aromatic carbocycles. The van der Waals surface area contributed by atoms with Crippen molar-refractivity contribution in [2.24, 2.45) is 0 Å². The van der Waals surface area contributed by atoms with Gasteiger partial charge < -0.3 is 20.1 Å². The molecule has 2 aromatic heterocycles. The van der Waals surface area contributed by atoms with Crippen LogP contribution in [-0.2, 0) is 0 Å². The molecular formula is C15H15FN2O4S. The van der Waals surface area contributed by atoms with Crippen LogP contribution in [0.25, 0.3) is 11.3 Å². The van der Waals surface area contributed by atoms with Gasteiger partial charge in [-0.3, -0.25) is 4.98 Å². The first-order valence-electron chi connectivity index (χ1n) is 6.95. The Hall–Kier alpha value is -1.74. The molecule has 3 N–H and O–H groups in total. The van der Waals surface area contributed by atoms with Gasteiger partial charge in [-0.15, -0.1) is 11.8 Å². The number of aromatic nitrogens is 2. The summed E-state index contributed by atoms with van der Waals surface area (Å²) in [6.07, 6.45) is -0.509. The summed E-state index contributed by atoms with van der Waals surface area (Å²) < 4.78 is 19.5. The van der Waals surface area contributed by atoms with Crippen LogP contribution in [0.15, 0.2) is 36.7 Å². The quantitative estimate of drug-likeness (QED) is 0.713. The number of halogens is 1. The Morgan fingerprint density at radius 2 is 1.83 bits per heavy atom. The number of aliphatic hydroxyl groups excluding tert-OH is 3. The summed E-state index contributed by atoms with van der Waals surface area (Å²) in [5.74, 6) is -0.747. The van der Waals surface area contributed by atoms with E-state index in [0.29, 0.717) is 5.69 Å². The molecule has 8 heteroatoms. The highest BCUT2D eigenvalue weighted by molar-refractivity contribution is 7.99. The molecule has 23 heavy (non-hydrogen) atoms. The molecular weight excluding hydrogens is 323 g/mol. The van der Waals surface area contributed by atoms with Crippen LogP contribution in [0.4, 0.5) is 4.39 Å². The highest BCUT2D eigenvalue weighted by Gasteiger charge is 2.38. The Morgan fingerprint density at radius 3 is 2.52 bits per heavy atom. The number of hydrogen-bond donors (Lipinski definition) is 3. The molecule has 4 atom stereocenters. The molecule has 0 bridgehead atoms. The third kappa shape index (κ3) is 3.45. The van der Waals surface area contributed by atoms with Crippen LogP contribution in [-0.4, -0.2) is 54.8 Å². The van der Waals surface area contributed by atoms with Gasteiger partial charge in [-0.05, 0) is 24.3 Å². The first-order chi connectivity index (χ1) is 11.1. The summed E-state index contributed by atoms with van der Waals surface area (Å²) in [7, 11) is 0. The van der Waals surface area contributed by atoms with Crippen LogP contribution >= 0.6 is 11.8 Å². The number of nitrogens with zero attached hydrogens (tertiary/aromatic N) is 2. The Morgan fingerprint density at radius 1 is 1.09 bits per heavy atom. The van der Waals surface area contributed by atoms with E-state index in [9.17, 15) is 19.7 Å². The molecule has 1 aliphatic rings. The van der Waals surface area contributed by atoms with Crippen molar-refractivity contribution in [1.29, 1.82) is 0 Å². The smallest absolute Gasteiger partial charge is 0.255 e. The minimum Gasteiger partial charge on any atom is -0.472 e. The van der Waals surface area contributed by atoms with E-state index in [4.69, 9.17) is 4.74 Å². The van der Waals surface area contributed by atoms with Gasteiger partial charge in [0.15, 0.2) is 11.2 Å². The van der Waals surface area contributed by atoms with Gasteiger partial charge in [0.1, 0.15) is 12.2 Å². The van der Waals surface area contributed by atoms with Gasteiger partial charge in [0, 0.05) is 23.7 Å². The molecule has 1 fully saturated rings. The molecule has 3 heterocycles. The number of rotatable bonds is 3. The zero-order valence-corrected chi connectivity index (χ0v) is 12.7. The maximum atomic E-state index is 14.1. The lowest BCUT2D eigenvalue weighted by molar-refractivity contribution is -0.0790. The fourth-order valence-corrected chi connectivity index (χ4v) is 3.31. The van der Waals surface area contributed by atoms with Crippen molar-refractivity contribution < 1.29 is 24.4 Å². The number of thioether (sulfide) groups is 1. The monoisotopic (exact) mass is 338 g/mol. The summed E-state index contributed by atoms with van der Waals surface area (Å²) in [5.41, 5.74) is 0.275. The van der Waals surface area contributed by atoms with Crippen LogP contribution in [0.1, 0.15) is 0 Å². The lowest BCUT2D eigenvalue weighted by atomic mass is 10.1. The van der Waals surface area contributed by atoms with E-state index in [2.05, 4.69) is 9.97 Å². The van der Waals surface area contributed by atoms with Crippen LogP contribution < -0.4 is 4.74 Å². The van der Waals surface area contributed by atoms with E-state index in [1.807, 2.05) is 0 Å². The molecule has 0 aliphatic carbocycles. The van der Waals surface area contributed by atoms with Gasteiger partial charge >= 0.3 is 0 Å². The minimum absolute atomic E-state index is 0.122. The van der Waals surface area contributed by atoms with Gasteiger partial charge in [0.05, 0.1) is 11.8 Å². The van der Waals surface area contributed by atoms with E-state index in [1.165, 1.54) is 6.07 Å². The van der Waals surface area contributed by atoms with Gasteiger partial charge in [-0.1, -0.05) is 0 Å². The maximum Gasteiger partial charge on any atom is 0.255 e. The van der Waals surface area contributed by atoms with Gasteiger partial charge in [-0.25, -0.2) is 4.98 Å². The van der Waals surface area contributed by atoms with Gasteiger partial charge in [-0.2, -0.15) is 4.39 Å². The zero-order valence-electron chi connectivity index (χ0n) is 11.9. The largest absolute Gasteiger partial charge is 0.472 e. The average Bonchev–Trinajstić information content (AvgIpc) is 2.57. The van der Waals surface area contributed by atoms with E-state index >= 15 is 0 Å². The molecule has 0 unspecified atom stereocenters. The summed E-state index contributed by atoms with van der Waals surface area (Å²) >= 11 is 1.10. The molecule has 1 aliphatic heterocycles. The van der Waals surface area contributed by atoms with Crippen molar-refractivity contribution in [3.8, 4) is 17.0 Å². The van der Waals surface area contributed by atoms with Crippen LogP contribution in [0.5, 0.6) is 5.75 Å². The number of pyridine rings is 2. The van der Waals surface area contributed by atoms with E-state index in [1.54, 1.807) is 30.6 Å². The SMILES string of the molecule is O[C@@H]1[C@@H](O)[C@H](Oc2ccc(-c3ccncc3)nc2F)SC[C@H]1O. The second-order valence-corrected chi connectivity index (χ2v) is 6.22. The molecule has 2 aromatic rings. The zero-order chi connectivity index (χ0) is 16.4. The van der Waals surface area contributed by atoms with Crippen LogP contribution in [0, 0.1) is 5.95 Å². The highest BCUT2D eigenvalue weighted by Crippen LogP contribution is 2.30. The molecule has 122 valence electrons. The molecule has 0 spiro atoms. The van der Waals surface area contributed by atoms with Gasteiger partial charge in [0.25, 0.3) is 5.95 Å². The first-order valence-corrected chi connectivity index (χ1v) is 8.00. The fraction of sp³-hybridized carbons (Fsp3) is 0.333. The van der Waals surface area contributed by atoms with Crippen molar-refractivity contribution in [2.75, 3.05) is 5.75 Å². The molecule has 3 rings (SSSR count). The Balaban J connectivity index is 1.77. The number of hydrogen-bond acceptors (Lipinski definition) is 7. The Bertz CT molecular complexity index is 676. The van der Waals surface area contributed by atoms with E-state index in [-0.39, 0.29) is 11.5 Å². The van der Waals surface area contributed by atoms with Crippen molar-refractivity contribution in [3.05, 3.63) is 42.6 Å². The van der Waals surface area contributed by atoms with E-state index in [0.717, 1.165) is 17.3 Å². The van der Waals surface area contributed by atoms with Crippen LogP contribution in [0.3, 0.4) is 0 Å². The Labute approximate surface area is 136 Å². The first kappa shape index (κ1) is 16.1. The molecule has 0 amide bonds. The molecule has 6 nitrogen and oxygen atoms in total. The lowest BCUT2D eigenvalue weighted by Gasteiger charge is -2.34. The van der Waals surface area contributed by atoms with Crippen molar-refractivity contribution in [1.82, 2.24) is 9.97 Å². The maximum absolute atomic E-state index is 14.1. The summed E-state index contributed by atoms with van der Waals surface area (Å²) in [6, 6.07) is 6.43. The third-order valence-electron chi connectivity index (χ3n) is 3.49. The molecule has 0 radical (unpaired) electrons. The lowest BCUT2D eigenvalue weighted by Crippen LogP contribution is -2.50. The number of ether oxygens (including phenoxy) is 1. The standard InChI is InChI=1S/C15H15FN2O4S/c16-14-11(22-15-13(21)12(20)10(19)7-23-15)2-1-9(18-14)8-3-5-17-6-4-8/h1-6,10,12-13,15,19-21H,7H2/t10-,12+,13-,15-/m1/s1. The predicted molar refractivity (Wildman–Crippen MR) is 82.3 cm³/mol. The number of aliphatic hydroxyl groups is 3. The predicted octanol–water partition coefficient (Wildman–Crippen LogP) is 0.817. The summed E-state index contributed by atoms with van der Waals surface area (Å²) in [5, 5.41) is 29.0. The minimum atomic E-state index is -1.33. The van der Waals surface area contributed by atoms with Crippen molar-refractivity contribution in [3.63, 3.8) is 0 Å².